The zero-order valence-electron chi connectivity index (χ0n) is 14.4. The van der Waals surface area contributed by atoms with Crippen molar-refractivity contribution in [3.8, 4) is 0 Å². The van der Waals surface area contributed by atoms with Crippen LogP contribution in [0.3, 0.4) is 0 Å². The highest BCUT2D eigenvalue weighted by atomic mass is 32.1. The zero-order chi connectivity index (χ0) is 18.8. The Kier molecular flexibility index (Phi) is 4.85. The lowest BCUT2D eigenvalue weighted by molar-refractivity contribution is -0.118. The van der Waals surface area contributed by atoms with Crippen molar-refractivity contribution in [1.82, 2.24) is 9.55 Å². The second-order valence-corrected chi connectivity index (χ2v) is 6.89. The first-order chi connectivity index (χ1) is 12.4. The van der Waals surface area contributed by atoms with Crippen molar-refractivity contribution < 1.29 is 9.59 Å². The summed E-state index contributed by atoms with van der Waals surface area (Å²) in [6.45, 7) is 3.60. The van der Waals surface area contributed by atoms with Gasteiger partial charge in [-0.1, -0.05) is 18.2 Å². The third-order valence-corrected chi connectivity index (χ3v) is 5.25. The van der Waals surface area contributed by atoms with E-state index in [0.29, 0.717) is 32.2 Å². The van der Waals surface area contributed by atoms with Crippen molar-refractivity contribution >= 4 is 39.1 Å². The molecule has 0 aliphatic heterocycles. The Bertz CT molecular complexity index is 1050. The number of para-hydroxylation sites is 1. The fraction of sp³-hybridized carbons (Fsp3) is 0.222. The van der Waals surface area contributed by atoms with E-state index in [2.05, 4.69) is 10.3 Å². The van der Waals surface area contributed by atoms with E-state index < -0.39 is 5.91 Å². The van der Waals surface area contributed by atoms with E-state index in [0.717, 1.165) is 0 Å². The Morgan fingerprint density at radius 3 is 2.58 bits per heavy atom. The molecule has 2 heterocycles. The number of rotatable bonds is 5. The number of nitrogens with one attached hydrogen (secondary N) is 1. The predicted molar refractivity (Wildman–Crippen MR) is 102 cm³/mol. The first kappa shape index (κ1) is 17.8. The minimum absolute atomic E-state index is 0.0540. The molecule has 0 saturated heterocycles. The molecule has 1 aromatic carbocycles. The Morgan fingerprint density at radius 2 is 1.92 bits per heavy atom. The topological polar surface area (TPSA) is 107 Å². The fourth-order valence-corrected chi connectivity index (χ4v) is 3.84. The van der Waals surface area contributed by atoms with Gasteiger partial charge in [-0.15, -0.1) is 11.3 Å². The number of hydrogen-bond donors (Lipinski definition) is 2. The number of carbonyl (C=O) groups is 2. The number of benzene rings is 1. The molecule has 26 heavy (non-hydrogen) atoms. The Balaban J connectivity index is 2.02. The number of aryl methyl sites for hydroxylation is 2. The van der Waals surface area contributed by atoms with Crippen LogP contribution in [-0.4, -0.2) is 21.4 Å². The minimum Gasteiger partial charge on any atom is -0.370 e. The van der Waals surface area contributed by atoms with Gasteiger partial charge in [0.15, 0.2) is 0 Å². The van der Waals surface area contributed by atoms with Crippen molar-refractivity contribution in [3.05, 3.63) is 57.0 Å². The number of amides is 2. The highest BCUT2D eigenvalue weighted by Gasteiger charge is 2.20. The van der Waals surface area contributed by atoms with Crippen molar-refractivity contribution in [1.29, 1.82) is 0 Å². The molecule has 3 aromatic rings. The molecule has 0 spiro atoms. The summed E-state index contributed by atoms with van der Waals surface area (Å²) in [5.74, 6) is -0.279. The average Bonchev–Trinajstić information content (AvgIpc) is 2.92. The predicted octanol–water partition coefficient (Wildman–Crippen LogP) is 2.20. The maximum atomic E-state index is 12.8. The third-order valence-electron chi connectivity index (χ3n) is 4.06. The summed E-state index contributed by atoms with van der Waals surface area (Å²) < 4.78 is 1.42. The maximum Gasteiger partial charge on any atom is 0.266 e. The normalized spacial score (nSPS) is 10.8. The maximum absolute atomic E-state index is 12.8. The van der Waals surface area contributed by atoms with Crippen LogP contribution in [0.4, 0.5) is 5.69 Å². The summed E-state index contributed by atoms with van der Waals surface area (Å²) in [7, 11) is 0. The van der Waals surface area contributed by atoms with Gasteiger partial charge in [-0.3, -0.25) is 19.0 Å². The fourth-order valence-electron chi connectivity index (χ4n) is 2.73. The van der Waals surface area contributed by atoms with E-state index >= 15 is 0 Å². The zero-order valence-corrected chi connectivity index (χ0v) is 15.2. The van der Waals surface area contributed by atoms with Gasteiger partial charge in [0.2, 0.25) is 5.91 Å². The molecule has 2 aromatic heterocycles. The van der Waals surface area contributed by atoms with Gasteiger partial charge in [-0.25, -0.2) is 4.98 Å². The minimum atomic E-state index is -0.485. The number of thiophene rings is 1. The quantitative estimate of drug-likeness (QED) is 0.718. The standard InChI is InChI=1S/C18H18N4O3S/c1-10-14-17(20-11(2)22(18(14)25)9-8-13(19)23)26-15(10)16(24)21-12-6-4-3-5-7-12/h3-7H,8-9H2,1-2H3,(H2,19,23)(H,21,24). The molecule has 0 bridgehead atoms. The average molecular weight is 370 g/mol. The summed E-state index contributed by atoms with van der Waals surface area (Å²) in [6.07, 6.45) is 0.0540. The van der Waals surface area contributed by atoms with Crippen LogP contribution in [0.15, 0.2) is 35.1 Å². The van der Waals surface area contributed by atoms with Crippen LogP contribution in [0.5, 0.6) is 0 Å². The Morgan fingerprint density at radius 1 is 1.23 bits per heavy atom. The summed E-state index contributed by atoms with van der Waals surface area (Å²) in [5, 5.41) is 3.23. The number of hydrogen-bond acceptors (Lipinski definition) is 5. The Labute approximate surface area is 153 Å². The highest BCUT2D eigenvalue weighted by Crippen LogP contribution is 2.28. The highest BCUT2D eigenvalue weighted by molar-refractivity contribution is 7.20. The summed E-state index contributed by atoms with van der Waals surface area (Å²) in [5.41, 5.74) is 6.18. The van der Waals surface area contributed by atoms with E-state index in [4.69, 9.17) is 5.73 Å². The van der Waals surface area contributed by atoms with Gasteiger partial charge in [0.25, 0.3) is 11.5 Å². The second-order valence-electron chi connectivity index (χ2n) is 5.89. The molecule has 0 aliphatic carbocycles. The molecule has 7 nitrogen and oxygen atoms in total. The lowest BCUT2D eigenvalue weighted by Crippen LogP contribution is -2.26. The summed E-state index contributed by atoms with van der Waals surface area (Å²) in [6, 6.07) is 9.10. The number of anilines is 1. The lowest BCUT2D eigenvalue weighted by atomic mass is 10.2. The number of nitrogens with zero attached hydrogens (tertiary/aromatic N) is 2. The molecule has 2 amide bonds. The van der Waals surface area contributed by atoms with Gasteiger partial charge in [0.1, 0.15) is 10.7 Å². The number of nitrogens with two attached hydrogens (primary N) is 1. The molecule has 134 valence electrons. The number of carbonyl (C=O) groups excluding carboxylic acids is 2. The molecule has 0 radical (unpaired) electrons. The van der Waals surface area contributed by atoms with Gasteiger partial charge in [-0.2, -0.15) is 0 Å². The van der Waals surface area contributed by atoms with E-state index in [1.807, 2.05) is 18.2 Å². The van der Waals surface area contributed by atoms with Gasteiger partial charge in [0, 0.05) is 18.7 Å². The molecule has 0 unspecified atom stereocenters. The SMILES string of the molecule is Cc1c(C(=O)Nc2ccccc2)sc2nc(C)n(CCC(N)=O)c(=O)c12. The van der Waals surface area contributed by atoms with Crippen molar-refractivity contribution in [2.75, 3.05) is 5.32 Å². The van der Waals surface area contributed by atoms with E-state index in [1.54, 1.807) is 26.0 Å². The molecule has 0 aliphatic rings. The van der Waals surface area contributed by atoms with Gasteiger partial charge in [-0.05, 0) is 31.5 Å². The van der Waals surface area contributed by atoms with Crippen molar-refractivity contribution in [3.63, 3.8) is 0 Å². The van der Waals surface area contributed by atoms with Crippen molar-refractivity contribution in [2.24, 2.45) is 5.73 Å². The smallest absolute Gasteiger partial charge is 0.266 e. The first-order valence-electron chi connectivity index (χ1n) is 8.03. The molecule has 0 fully saturated rings. The van der Waals surface area contributed by atoms with Crippen LogP contribution >= 0.6 is 11.3 Å². The molecule has 3 rings (SSSR count). The van der Waals surface area contributed by atoms with E-state index in [-0.39, 0.29) is 24.4 Å². The third kappa shape index (κ3) is 3.36. The van der Waals surface area contributed by atoms with Gasteiger partial charge < -0.3 is 11.1 Å². The van der Waals surface area contributed by atoms with Gasteiger partial charge >= 0.3 is 0 Å². The van der Waals surface area contributed by atoms with Crippen LogP contribution < -0.4 is 16.6 Å². The molecule has 0 saturated carbocycles. The number of aromatic nitrogens is 2. The van der Waals surface area contributed by atoms with Crippen LogP contribution in [0.2, 0.25) is 0 Å². The molecular weight excluding hydrogens is 352 g/mol. The van der Waals surface area contributed by atoms with Crippen LogP contribution in [-0.2, 0) is 11.3 Å². The lowest BCUT2D eigenvalue weighted by Gasteiger charge is -2.08. The number of primary amides is 1. The van der Waals surface area contributed by atoms with Gasteiger partial charge in [0.05, 0.1) is 10.3 Å². The molecule has 0 atom stereocenters. The largest absolute Gasteiger partial charge is 0.370 e. The summed E-state index contributed by atoms with van der Waals surface area (Å²) >= 11 is 1.18. The van der Waals surface area contributed by atoms with Crippen LogP contribution in [0.25, 0.3) is 10.2 Å². The molecule has 8 heteroatoms. The molecule has 3 N–H and O–H groups in total. The first-order valence-corrected chi connectivity index (χ1v) is 8.85. The van der Waals surface area contributed by atoms with E-state index in [9.17, 15) is 14.4 Å². The van der Waals surface area contributed by atoms with Crippen LogP contribution in [0.1, 0.15) is 27.5 Å². The number of fused-ring (bicyclic) bond motifs is 1. The van der Waals surface area contributed by atoms with Crippen molar-refractivity contribution in [2.45, 2.75) is 26.8 Å². The summed E-state index contributed by atoms with van der Waals surface area (Å²) in [4.78, 5) is 41.8. The monoisotopic (exact) mass is 370 g/mol. The molecular formula is C18H18N4O3S. The Hall–Kier alpha value is -3.00. The van der Waals surface area contributed by atoms with E-state index in [1.165, 1.54) is 15.9 Å². The second kappa shape index (κ2) is 7.09. The van der Waals surface area contributed by atoms with Crippen LogP contribution in [0, 0.1) is 13.8 Å².